The Kier molecular flexibility index (Phi) is 4.99. The molecular weight excluding hydrogens is 234 g/mol. The molecule has 2 aromatic rings. The van der Waals surface area contributed by atoms with E-state index in [9.17, 15) is 0 Å². The van der Waals surface area contributed by atoms with E-state index in [0.29, 0.717) is 0 Å². The van der Waals surface area contributed by atoms with Crippen LogP contribution in [0.3, 0.4) is 0 Å². The standard InChI is InChI=1S/C17H21NO/c1-3-18-13-15-8-7-11-17(12-15)19-14(2)16-9-5-4-6-10-16/h4-12,14,18H,3,13H2,1-2H3. The second-order valence-electron chi connectivity index (χ2n) is 4.60. The van der Waals surface area contributed by atoms with E-state index < -0.39 is 0 Å². The van der Waals surface area contributed by atoms with Gasteiger partial charge in [0.25, 0.3) is 0 Å². The van der Waals surface area contributed by atoms with Gasteiger partial charge in [0.15, 0.2) is 0 Å². The molecule has 0 aliphatic rings. The van der Waals surface area contributed by atoms with Crippen molar-refractivity contribution in [2.24, 2.45) is 0 Å². The maximum Gasteiger partial charge on any atom is 0.121 e. The van der Waals surface area contributed by atoms with Crippen molar-refractivity contribution < 1.29 is 4.74 Å². The van der Waals surface area contributed by atoms with Crippen LogP contribution in [0, 0.1) is 0 Å². The molecule has 19 heavy (non-hydrogen) atoms. The Labute approximate surface area is 115 Å². The van der Waals surface area contributed by atoms with Crippen molar-refractivity contribution in [2.45, 2.75) is 26.5 Å². The van der Waals surface area contributed by atoms with Crippen molar-refractivity contribution >= 4 is 0 Å². The van der Waals surface area contributed by atoms with E-state index in [0.717, 1.165) is 18.8 Å². The molecule has 1 N–H and O–H groups in total. The maximum absolute atomic E-state index is 5.99. The molecule has 2 aromatic carbocycles. The van der Waals surface area contributed by atoms with Gasteiger partial charge in [-0.1, -0.05) is 49.4 Å². The van der Waals surface area contributed by atoms with Crippen molar-refractivity contribution in [3.63, 3.8) is 0 Å². The zero-order valence-corrected chi connectivity index (χ0v) is 11.6. The van der Waals surface area contributed by atoms with Gasteiger partial charge in [-0.3, -0.25) is 0 Å². The van der Waals surface area contributed by atoms with Crippen LogP contribution < -0.4 is 10.1 Å². The fourth-order valence-electron chi connectivity index (χ4n) is 1.99. The van der Waals surface area contributed by atoms with Crippen LogP contribution in [0.15, 0.2) is 54.6 Å². The highest BCUT2D eigenvalue weighted by Gasteiger charge is 2.06. The van der Waals surface area contributed by atoms with E-state index in [-0.39, 0.29) is 6.10 Å². The zero-order valence-electron chi connectivity index (χ0n) is 11.6. The number of rotatable bonds is 6. The molecule has 0 fully saturated rings. The Morgan fingerprint density at radius 1 is 1.05 bits per heavy atom. The van der Waals surface area contributed by atoms with E-state index in [1.165, 1.54) is 11.1 Å². The molecular formula is C17H21NO. The van der Waals surface area contributed by atoms with Crippen LogP contribution in [-0.2, 0) is 6.54 Å². The summed E-state index contributed by atoms with van der Waals surface area (Å²) >= 11 is 0. The number of nitrogens with one attached hydrogen (secondary N) is 1. The fourth-order valence-corrected chi connectivity index (χ4v) is 1.99. The summed E-state index contributed by atoms with van der Waals surface area (Å²) in [5, 5.41) is 3.32. The van der Waals surface area contributed by atoms with Crippen LogP contribution >= 0.6 is 0 Å². The number of ether oxygens (including phenoxy) is 1. The molecule has 1 atom stereocenters. The van der Waals surface area contributed by atoms with Gasteiger partial charge in [0.1, 0.15) is 11.9 Å². The van der Waals surface area contributed by atoms with Crippen LogP contribution in [0.1, 0.15) is 31.1 Å². The SMILES string of the molecule is CCNCc1cccc(OC(C)c2ccccc2)c1. The summed E-state index contributed by atoms with van der Waals surface area (Å²) in [5.41, 5.74) is 2.44. The lowest BCUT2D eigenvalue weighted by molar-refractivity contribution is 0.226. The largest absolute Gasteiger partial charge is 0.486 e. The third-order valence-corrected chi connectivity index (χ3v) is 3.06. The second-order valence-corrected chi connectivity index (χ2v) is 4.60. The molecule has 1 unspecified atom stereocenters. The summed E-state index contributed by atoms with van der Waals surface area (Å²) in [7, 11) is 0. The number of hydrogen-bond donors (Lipinski definition) is 1. The van der Waals surface area contributed by atoms with Crippen LogP contribution in [0.4, 0.5) is 0 Å². The second kappa shape index (κ2) is 6.95. The van der Waals surface area contributed by atoms with Crippen LogP contribution in [0.25, 0.3) is 0 Å². The molecule has 2 rings (SSSR count). The van der Waals surface area contributed by atoms with Gasteiger partial charge >= 0.3 is 0 Å². The van der Waals surface area contributed by atoms with Crippen molar-refractivity contribution in [1.82, 2.24) is 5.32 Å². The molecule has 100 valence electrons. The Bertz CT molecular complexity index is 496. The Morgan fingerprint density at radius 3 is 2.58 bits per heavy atom. The summed E-state index contributed by atoms with van der Waals surface area (Å²) in [4.78, 5) is 0. The minimum Gasteiger partial charge on any atom is -0.486 e. The van der Waals surface area contributed by atoms with E-state index in [1.54, 1.807) is 0 Å². The van der Waals surface area contributed by atoms with Gasteiger partial charge in [0.05, 0.1) is 0 Å². The molecule has 0 radical (unpaired) electrons. The minimum atomic E-state index is 0.0654. The summed E-state index contributed by atoms with van der Waals surface area (Å²) in [6.07, 6.45) is 0.0654. The van der Waals surface area contributed by atoms with Gasteiger partial charge < -0.3 is 10.1 Å². The summed E-state index contributed by atoms with van der Waals surface area (Å²) in [6.45, 7) is 6.04. The molecule has 0 saturated heterocycles. The highest BCUT2D eigenvalue weighted by molar-refractivity contribution is 5.29. The van der Waals surface area contributed by atoms with Crippen LogP contribution in [-0.4, -0.2) is 6.54 Å². The lowest BCUT2D eigenvalue weighted by Gasteiger charge is -2.15. The number of hydrogen-bond acceptors (Lipinski definition) is 2. The lowest BCUT2D eigenvalue weighted by Crippen LogP contribution is -2.11. The quantitative estimate of drug-likeness (QED) is 0.844. The van der Waals surface area contributed by atoms with Gasteiger partial charge in [-0.2, -0.15) is 0 Å². The van der Waals surface area contributed by atoms with Crippen molar-refractivity contribution in [1.29, 1.82) is 0 Å². The van der Waals surface area contributed by atoms with E-state index >= 15 is 0 Å². The van der Waals surface area contributed by atoms with E-state index in [1.807, 2.05) is 30.3 Å². The fraction of sp³-hybridized carbons (Fsp3) is 0.294. The van der Waals surface area contributed by atoms with Gasteiger partial charge in [0, 0.05) is 6.54 Å². The maximum atomic E-state index is 5.99. The molecule has 0 heterocycles. The molecule has 0 bridgehead atoms. The van der Waals surface area contributed by atoms with Crippen molar-refractivity contribution in [3.05, 3.63) is 65.7 Å². The molecule has 0 aliphatic heterocycles. The van der Waals surface area contributed by atoms with Crippen molar-refractivity contribution in [3.8, 4) is 5.75 Å². The zero-order chi connectivity index (χ0) is 13.5. The average molecular weight is 255 g/mol. The van der Waals surface area contributed by atoms with Crippen molar-refractivity contribution in [2.75, 3.05) is 6.54 Å². The van der Waals surface area contributed by atoms with E-state index in [2.05, 4.69) is 43.4 Å². The summed E-state index contributed by atoms with van der Waals surface area (Å²) < 4.78 is 5.99. The van der Waals surface area contributed by atoms with Crippen LogP contribution in [0.5, 0.6) is 5.75 Å². The average Bonchev–Trinajstić information content (AvgIpc) is 2.46. The lowest BCUT2D eigenvalue weighted by atomic mass is 10.1. The van der Waals surface area contributed by atoms with Gasteiger partial charge in [-0.05, 0) is 36.7 Å². The highest BCUT2D eigenvalue weighted by atomic mass is 16.5. The van der Waals surface area contributed by atoms with Gasteiger partial charge in [-0.15, -0.1) is 0 Å². The first-order valence-electron chi connectivity index (χ1n) is 6.81. The molecule has 0 amide bonds. The highest BCUT2D eigenvalue weighted by Crippen LogP contribution is 2.22. The van der Waals surface area contributed by atoms with Crippen LogP contribution in [0.2, 0.25) is 0 Å². The molecule has 0 spiro atoms. The molecule has 0 saturated carbocycles. The Balaban J connectivity index is 2.02. The monoisotopic (exact) mass is 255 g/mol. The van der Waals surface area contributed by atoms with Gasteiger partial charge in [0.2, 0.25) is 0 Å². The first-order chi connectivity index (χ1) is 9.29. The van der Waals surface area contributed by atoms with Gasteiger partial charge in [-0.25, -0.2) is 0 Å². The molecule has 0 aromatic heterocycles. The predicted molar refractivity (Wildman–Crippen MR) is 79.3 cm³/mol. The van der Waals surface area contributed by atoms with E-state index in [4.69, 9.17) is 4.74 Å². The molecule has 2 nitrogen and oxygen atoms in total. The Morgan fingerprint density at radius 2 is 1.84 bits per heavy atom. The minimum absolute atomic E-state index is 0.0654. The number of benzene rings is 2. The summed E-state index contributed by atoms with van der Waals surface area (Å²) in [5.74, 6) is 0.923. The third-order valence-electron chi connectivity index (χ3n) is 3.06. The normalized spacial score (nSPS) is 12.1. The molecule has 0 aliphatic carbocycles. The summed E-state index contributed by atoms with van der Waals surface area (Å²) in [6, 6.07) is 18.5. The smallest absolute Gasteiger partial charge is 0.121 e. The molecule has 2 heteroatoms. The first-order valence-corrected chi connectivity index (χ1v) is 6.81. The third kappa shape index (κ3) is 4.11. The Hall–Kier alpha value is -1.80. The first kappa shape index (κ1) is 13.6. The topological polar surface area (TPSA) is 21.3 Å². The predicted octanol–water partition coefficient (Wildman–Crippen LogP) is 3.94.